The van der Waals surface area contributed by atoms with E-state index in [2.05, 4.69) is 41.4 Å². The monoisotopic (exact) mass is 250 g/mol. The van der Waals surface area contributed by atoms with Crippen LogP contribution in [0, 0.1) is 11.8 Å². The quantitative estimate of drug-likeness (QED) is 0.383. The molecule has 1 aliphatic carbocycles. The van der Waals surface area contributed by atoms with E-state index in [4.69, 9.17) is 12.2 Å². The highest BCUT2D eigenvalue weighted by Gasteiger charge is 2.43. The van der Waals surface area contributed by atoms with E-state index in [-0.39, 0.29) is 0 Å². The Hall–Kier alpha value is -0.105. The summed E-state index contributed by atoms with van der Waals surface area (Å²) in [7, 11) is 1.28. The van der Waals surface area contributed by atoms with Gasteiger partial charge < -0.3 is 0 Å². The first-order chi connectivity index (χ1) is 7.85. The van der Waals surface area contributed by atoms with E-state index >= 15 is 0 Å². The third kappa shape index (κ3) is 3.02. The standard InChI is InChI=1S/C15H27BS/c1-7-10(2)14-13(8-12(4)17)11(3)9-15(14,5)16-6/h10,14,16H,7-9H2,1-6H3. The molecule has 0 nitrogen and oxygen atoms in total. The molecule has 0 aliphatic heterocycles. The number of hydrogen-bond donors (Lipinski definition) is 0. The molecule has 1 rings (SSSR count). The molecule has 0 amide bonds. The molecule has 0 bridgehead atoms. The van der Waals surface area contributed by atoms with Crippen LogP contribution in [0.4, 0.5) is 0 Å². The Morgan fingerprint density at radius 1 is 1.59 bits per heavy atom. The van der Waals surface area contributed by atoms with Gasteiger partial charge in [0.15, 0.2) is 0 Å². The van der Waals surface area contributed by atoms with E-state index in [0.717, 1.165) is 23.1 Å². The normalized spacial score (nSPS) is 30.6. The zero-order valence-electron chi connectivity index (χ0n) is 12.4. The lowest BCUT2D eigenvalue weighted by atomic mass is 9.47. The van der Waals surface area contributed by atoms with Gasteiger partial charge in [-0.2, -0.15) is 0 Å². The molecule has 0 aromatic rings. The van der Waals surface area contributed by atoms with Crippen molar-refractivity contribution in [3.8, 4) is 0 Å². The summed E-state index contributed by atoms with van der Waals surface area (Å²) < 4.78 is 0. The lowest BCUT2D eigenvalue weighted by Crippen LogP contribution is -2.28. The van der Waals surface area contributed by atoms with Gasteiger partial charge in [-0.25, -0.2) is 0 Å². The molecule has 2 heteroatoms. The van der Waals surface area contributed by atoms with Crippen LogP contribution in [0.3, 0.4) is 0 Å². The average molecular weight is 250 g/mol. The molecule has 0 saturated carbocycles. The largest absolute Gasteiger partial charge is 0.125 e. The second-order valence-electron chi connectivity index (χ2n) is 6.23. The molecule has 0 saturated heterocycles. The smallest absolute Gasteiger partial charge is 0.0896 e. The van der Waals surface area contributed by atoms with Crippen LogP contribution in [0.1, 0.15) is 53.9 Å². The third-order valence-corrected chi connectivity index (χ3v) is 4.95. The Morgan fingerprint density at radius 3 is 2.59 bits per heavy atom. The van der Waals surface area contributed by atoms with E-state index in [1.54, 1.807) is 11.1 Å². The Kier molecular flexibility index (Phi) is 5.01. The van der Waals surface area contributed by atoms with Gasteiger partial charge in [0, 0.05) is 0 Å². The van der Waals surface area contributed by atoms with Crippen LogP contribution in [0.15, 0.2) is 11.1 Å². The van der Waals surface area contributed by atoms with Gasteiger partial charge in [-0.15, -0.1) is 0 Å². The van der Waals surface area contributed by atoms with E-state index < -0.39 is 0 Å². The van der Waals surface area contributed by atoms with Gasteiger partial charge >= 0.3 is 0 Å². The molecule has 0 fully saturated rings. The third-order valence-electron chi connectivity index (χ3n) is 4.80. The number of allylic oxidation sites excluding steroid dienone is 2. The van der Waals surface area contributed by atoms with Crippen molar-refractivity contribution in [2.24, 2.45) is 11.8 Å². The van der Waals surface area contributed by atoms with Gasteiger partial charge in [0.05, 0.1) is 0 Å². The molecule has 0 aromatic carbocycles. The predicted molar refractivity (Wildman–Crippen MR) is 84.5 cm³/mol. The maximum Gasteiger partial charge on any atom is 0.125 e. The first-order valence-corrected chi connectivity index (χ1v) is 7.44. The predicted octanol–water partition coefficient (Wildman–Crippen LogP) is 4.81. The summed E-state index contributed by atoms with van der Waals surface area (Å²) in [6.07, 6.45) is 3.59. The van der Waals surface area contributed by atoms with Crippen molar-refractivity contribution in [3.05, 3.63) is 11.1 Å². The van der Waals surface area contributed by atoms with Crippen LogP contribution in [0.25, 0.3) is 0 Å². The summed E-state index contributed by atoms with van der Waals surface area (Å²) in [4.78, 5) is 1.15. The van der Waals surface area contributed by atoms with Crippen molar-refractivity contribution in [2.75, 3.05) is 0 Å². The van der Waals surface area contributed by atoms with Crippen LogP contribution >= 0.6 is 12.2 Å². The average Bonchev–Trinajstić information content (AvgIpc) is 2.50. The van der Waals surface area contributed by atoms with E-state index in [9.17, 15) is 0 Å². The first-order valence-electron chi connectivity index (χ1n) is 7.03. The molecule has 96 valence electrons. The van der Waals surface area contributed by atoms with Crippen LogP contribution in [-0.2, 0) is 0 Å². The van der Waals surface area contributed by atoms with E-state index in [1.807, 2.05) is 0 Å². The zero-order chi connectivity index (χ0) is 13.2. The summed E-state index contributed by atoms with van der Waals surface area (Å²) in [5.41, 5.74) is 3.28. The van der Waals surface area contributed by atoms with Crippen molar-refractivity contribution in [2.45, 2.75) is 66.0 Å². The fourth-order valence-electron chi connectivity index (χ4n) is 3.66. The number of hydrogen-bond acceptors (Lipinski definition) is 1. The topological polar surface area (TPSA) is 0 Å². The molecular weight excluding hydrogens is 223 g/mol. The zero-order valence-corrected chi connectivity index (χ0v) is 13.2. The van der Waals surface area contributed by atoms with Crippen LogP contribution in [-0.4, -0.2) is 12.1 Å². The second kappa shape index (κ2) is 5.69. The fourth-order valence-corrected chi connectivity index (χ4v) is 3.81. The van der Waals surface area contributed by atoms with Crippen molar-refractivity contribution in [1.82, 2.24) is 0 Å². The Bertz CT molecular complexity index is 332. The minimum absolute atomic E-state index is 0.472. The number of thiocarbonyl (C=S) groups is 1. The van der Waals surface area contributed by atoms with Crippen LogP contribution < -0.4 is 0 Å². The fraction of sp³-hybridized carbons (Fsp3) is 0.800. The van der Waals surface area contributed by atoms with Crippen LogP contribution in [0.2, 0.25) is 12.1 Å². The maximum atomic E-state index is 5.34. The van der Waals surface area contributed by atoms with Gasteiger partial charge in [0.1, 0.15) is 7.28 Å². The summed E-state index contributed by atoms with van der Waals surface area (Å²) in [5.74, 6) is 1.53. The lowest BCUT2D eigenvalue weighted by molar-refractivity contribution is 0.324. The van der Waals surface area contributed by atoms with Crippen molar-refractivity contribution >= 4 is 24.4 Å². The Labute approximate surface area is 113 Å². The van der Waals surface area contributed by atoms with Gasteiger partial charge in [0.2, 0.25) is 0 Å². The minimum Gasteiger partial charge on any atom is -0.0896 e. The summed E-state index contributed by atoms with van der Waals surface area (Å²) in [6.45, 7) is 14.0. The first kappa shape index (κ1) is 15.0. The molecule has 0 radical (unpaired) electrons. The summed E-state index contributed by atoms with van der Waals surface area (Å²) >= 11 is 5.34. The maximum absolute atomic E-state index is 5.34. The van der Waals surface area contributed by atoms with Gasteiger partial charge in [0.25, 0.3) is 0 Å². The highest BCUT2D eigenvalue weighted by Crippen LogP contribution is 2.56. The Morgan fingerprint density at radius 2 is 2.18 bits per heavy atom. The van der Waals surface area contributed by atoms with Crippen molar-refractivity contribution < 1.29 is 0 Å². The second-order valence-corrected chi connectivity index (χ2v) is 6.93. The SMILES string of the molecule is CBC1(C)CC(C)=C(CC(C)=S)C1C(C)CC. The molecule has 1 aliphatic rings. The van der Waals surface area contributed by atoms with Crippen molar-refractivity contribution in [1.29, 1.82) is 0 Å². The Balaban J connectivity index is 3.07. The molecule has 17 heavy (non-hydrogen) atoms. The van der Waals surface area contributed by atoms with Crippen molar-refractivity contribution in [3.63, 3.8) is 0 Å². The molecule has 3 unspecified atom stereocenters. The number of rotatable bonds is 5. The molecule has 0 aromatic heterocycles. The highest BCUT2D eigenvalue weighted by atomic mass is 32.1. The molecule has 3 atom stereocenters. The van der Waals surface area contributed by atoms with E-state index in [1.165, 1.54) is 20.1 Å². The minimum atomic E-state index is 0.472. The molecule has 0 spiro atoms. The van der Waals surface area contributed by atoms with Gasteiger partial charge in [-0.1, -0.05) is 57.4 Å². The molecular formula is C15H27BS. The van der Waals surface area contributed by atoms with Gasteiger partial charge in [-0.05, 0) is 48.7 Å². The molecule has 0 N–H and O–H groups in total. The summed E-state index contributed by atoms with van der Waals surface area (Å²) in [6, 6.07) is 0. The van der Waals surface area contributed by atoms with Gasteiger partial charge in [-0.3, -0.25) is 0 Å². The van der Waals surface area contributed by atoms with E-state index in [0.29, 0.717) is 5.31 Å². The summed E-state index contributed by atoms with van der Waals surface area (Å²) in [5, 5.41) is 0.472. The lowest BCUT2D eigenvalue weighted by Gasteiger charge is -2.36. The molecule has 0 heterocycles. The van der Waals surface area contributed by atoms with Crippen LogP contribution in [0.5, 0.6) is 0 Å². The highest BCUT2D eigenvalue weighted by molar-refractivity contribution is 7.80.